The highest BCUT2D eigenvalue weighted by molar-refractivity contribution is 7.89. The van der Waals surface area contributed by atoms with Crippen molar-refractivity contribution in [3.8, 4) is 0 Å². The topological polar surface area (TPSA) is 146 Å². The molecule has 15 heteroatoms. The van der Waals surface area contributed by atoms with Gasteiger partial charge >= 0.3 is 5.97 Å². The summed E-state index contributed by atoms with van der Waals surface area (Å²) >= 11 is 24.3. The summed E-state index contributed by atoms with van der Waals surface area (Å²) in [5.41, 5.74) is 1.81. The van der Waals surface area contributed by atoms with Gasteiger partial charge in [-0.1, -0.05) is 88.9 Å². The Kier molecular flexibility index (Phi) is 10.7. The second-order valence-electron chi connectivity index (χ2n) is 10.8. The summed E-state index contributed by atoms with van der Waals surface area (Å²) in [4.78, 5) is 42.3. The van der Waals surface area contributed by atoms with Crippen molar-refractivity contribution in [1.82, 2.24) is 14.6 Å². The van der Waals surface area contributed by atoms with Crippen LogP contribution in [0.1, 0.15) is 33.8 Å². The molecule has 5 rings (SSSR count). The van der Waals surface area contributed by atoms with E-state index in [4.69, 9.17) is 46.4 Å². The van der Waals surface area contributed by atoms with E-state index < -0.39 is 39.9 Å². The van der Waals surface area contributed by atoms with Crippen LogP contribution in [0.4, 0.5) is 5.69 Å². The van der Waals surface area contributed by atoms with Gasteiger partial charge in [0.2, 0.25) is 15.9 Å². The summed E-state index contributed by atoms with van der Waals surface area (Å²) in [6.45, 7) is -0.0184. The van der Waals surface area contributed by atoms with E-state index in [0.29, 0.717) is 11.3 Å². The van der Waals surface area contributed by atoms with Gasteiger partial charge < -0.3 is 15.7 Å². The quantitative estimate of drug-likeness (QED) is 0.173. The second kappa shape index (κ2) is 14.6. The Morgan fingerprint density at radius 1 is 0.915 bits per heavy atom. The van der Waals surface area contributed by atoms with Crippen molar-refractivity contribution >= 4 is 79.9 Å². The molecule has 10 nitrogen and oxygen atoms in total. The minimum absolute atomic E-state index is 0.0184. The van der Waals surface area contributed by atoms with Crippen LogP contribution in [-0.4, -0.2) is 59.2 Å². The predicted molar refractivity (Wildman–Crippen MR) is 180 cm³/mol. The number of carboxylic acid groups (broad SMARTS) is 1. The average Bonchev–Trinajstić information content (AvgIpc) is 3.48. The number of hydrogen-bond donors (Lipinski definition) is 3. The van der Waals surface area contributed by atoms with Crippen LogP contribution >= 0.6 is 46.4 Å². The highest BCUT2D eigenvalue weighted by Crippen LogP contribution is 2.37. The molecule has 4 aromatic rings. The number of halogens is 4. The van der Waals surface area contributed by atoms with E-state index in [1.807, 2.05) is 30.3 Å². The van der Waals surface area contributed by atoms with Gasteiger partial charge in [-0.2, -0.15) is 4.31 Å². The molecule has 47 heavy (non-hydrogen) atoms. The summed E-state index contributed by atoms with van der Waals surface area (Å²) in [5, 5.41) is 15.6. The summed E-state index contributed by atoms with van der Waals surface area (Å²) in [5.74, 6) is -2.97. The maximum atomic E-state index is 13.8. The molecule has 0 aliphatic carbocycles. The Balaban J connectivity index is 1.34. The standard InChI is InChI=1S/C32H26Cl4N4O6S/c33-21-12-22(34)14-24(13-21)47(45,46)40-17-20(19-4-2-1-3-5-19)11-28(40)30(41)39-27(32(43)44)10-18-6-8-23(9-7-18)38-31(42)29-25(35)15-37-16-26(29)36/h1-9,12-16,20,27-28H,10-11,17H2,(H,38,42)(H,39,41)(H,43,44)/t20-,27+,28-/m1/s1. The summed E-state index contributed by atoms with van der Waals surface area (Å²) in [6.07, 6.45) is 2.58. The van der Waals surface area contributed by atoms with Crippen molar-refractivity contribution in [1.29, 1.82) is 0 Å². The second-order valence-corrected chi connectivity index (χ2v) is 14.3. The van der Waals surface area contributed by atoms with Gasteiger partial charge in [0.05, 0.1) is 20.5 Å². The Morgan fingerprint density at radius 2 is 1.53 bits per heavy atom. The summed E-state index contributed by atoms with van der Waals surface area (Å²) in [7, 11) is -4.27. The first-order valence-corrected chi connectivity index (χ1v) is 17.0. The number of rotatable bonds is 10. The number of aliphatic carboxylic acids is 1. The largest absolute Gasteiger partial charge is 0.480 e. The van der Waals surface area contributed by atoms with Crippen LogP contribution in [-0.2, 0) is 26.0 Å². The monoisotopic (exact) mass is 734 g/mol. The number of aromatic nitrogens is 1. The fourth-order valence-electron chi connectivity index (χ4n) is 5.34. The third kappa shape index (κ3) is 8.06. The Morgan fingerprint density at radius 3 is 2.13 bits per heavy atom. The van der Waals surface area contributed by atoms with Crippen molar-refractivity contribution in [2.45, 2.75) is 35.7 Å². The smallest absolute Gasteiger partial charge is 0.326 e. The molecular formula is C32H26Cl4N4O6S. The van der Waals surface area contributed by atoms with Gasteiger partial charge in [0.1, 0.15) is 12.1 Å². The maximum absolute atomic E-state index is 13.8. The molecule has 2 heterocycles. The lowest BCUT2D eigenvalue weighted by Crippen LogP contribution is -2.51. The molecule has 1 saturated heterocycles. The highest BCUT2D eigenvalue weighted by Gasteiger charge is 2.45. The van der Waals surface area contributed by atoms with Crippen LogP contribution in [0.3, 0.4) is 0 Å². The van der Waals surface area contributed by atoms with Gasteiger partial charge in [0, 0.05) is 41.1 Å². The maximum Gasteiger partial charge on any atom is 0.326 e. The number of sulfonamides is 1. The highest BCUT2D eigenvalue weighted by atomic mass is 35.5. The number of amides is 2. The molecule has 0 unspecified atom stereocenters. The van der Waals surface area contributed by atoms with Gasteiger partial charge in [-0.05, 0) is 53.8 Å². The van der Waals surface area contributed by atoms with Crippen molar-refractivity contribution < 1.29 is 27.9 Å². The normalized spacial score (nSPS) is 17.2. The minimum Gasteiger partial charge on any atom is -0.480 e. The predicted octanol–water partition coefficient (Wildman–Crippen LogP) is 6.31. The molecule has 2 amide bonds. The molecule has 0 radical (unpaired) electrons. The van der Waals surface area contributed by atoms with Crippen LogP contribution in [0.2, 0.25) is 20.1 Å². The van der Waals surface area contributed by atoms with E-state index in [-0.39, 0.29) is 55.9 Å². The van der Waals surface area contributed by atoms with Crippen molar-refractivity contribution in [3.63, 3.8) is 0 Å². The molecule has 244 valence electrons. The first-order valence-electron chi connectivity index (χ1n) is 14.1. The van der Waals surface area contributed by atoms with Crippen molar-refractivity contribution in [2.75, 3.05) is 11.9 Å². The van der Waals surface area contributed by atoms with Gasteiger partial charge in [0.25, 0.3) is 5.91 Å². The van der Waals surface area contributed by atoms with E-state index in [1.54, 1.807) is 24.3 Å². The van der Waals surface area contributed by atoms with E-state index >= 15 is 0 Å². The molecule has 0 saturated carbocycles. The lowest BCUT2D eigenvalue weighted by Gasteiger charge is -2.25. The zero-order valence-corrected chi connectivity index (χ0v) is 28.1. The fourth-order valence-corrected chi connectivity index (χ4v) is 8.25. The fraction of sp³-hybridized carbons (Fsp3) is 0.188. The molecule has 3 aromatic carbocycles. The molecule has 1 fully saturated rings. The van der Waals surface area contributed by atoms with Crippen LogP contribution in [0.5, 0.6) is 0 Å². The van der Waals surface area contributed by atoms with Crippen LogP contribution in [0.25, 0.3) is 0 Å². The molecule has 1 aliphatic rings. The van der Waals surface area contributed by atoms with Crippen molar-refractivity contribution in [3.05, 3.63) is 122 Å². The number of carbonyl (C=O) groups excluding carboxylic acids is 2. The Bertz CT molecular complexity index is 1890. The number of nitrogens with zero attached hydrogens (tertiary/aromatic N) is 2. The molecule has 3 N–H and O–H groups in total. The van der Waals surface area contributed by atoms with Gasteiger partial charge in [-0.15, -0.1) is 0 Å². The number of pyridine rings is 1. The molecule has 0 bridgehead atoms. The third-order valence-electron chi connectivity index (χ3n) is 7.62. The zero-order chi connectivity index (χ0) is 33.9. The van der Waals surface area contributed by atoms with Crippen molar-refractivity contribution in [2.24, 2.45) is 0 Å². The molecule has 1 aliphatic heterocycles. The lowest BCUT2D eigenvalue weighted by molar-refractivity contribution is -0.142. The molecule has 3 atom stereocenters. The first-order chi connectivity index (χ1) is 22.3. The number of anilines is 1. The number of carbonyl (C=O) groups is 3. The van der Waals surface area contributed by atoms with Gasteiger partial charge in [-0.3, -0.25) is 14.6 Å². The molecule has 1 aromatic heterocycles. The number of benzene rings is 3. The SMILES string of the molecule is O=C(Nc1ccc(C[C@H](NC(=O)[C@H]2C[C@@H](c3ccccc3)CN2S(=O)(=O)c2cc(Cl)cc(Cl)c2)C(=O)O)cc1)c1c(Cl)cncc1Cl. The molecular weight excluding hydrogens is 710 g/mol. The number of nitrogens with one attached hydrogen (secondary N) is 2. The van der Waals surface area contributed by atoms with Crippen LogP contribution in [0, 0.1) is 0 Å². The molecule has 0 spiro atoms. The number of carboxylic acids is 1. The van der Waals surface area contributed by atoms with Gasteiger partial charge in [-0.25, -0.2) is 13.2 Å². The van der Waals surface area contributed by atoms with E-state index in [9.17, 15) is 27.9 Å². The lowest BCUT2D eigenvalue weighted by atomic mass is 9.96. The first kappa shape index (κ1) is 34.6. The van der Waals surface area contributed by atoms with Gasteiger partial charge in [0.15, 0.2) is 0 Å². The number of hydrogen-bond acceptors (Lipinski definition) is 6. The summed E-state index contributed by atoms with van der Waals surface area (Å²) < 4.78 is 28.8. The zero-order valence-electron chi connectivity index (χ0n) is 24.2. The third-order valence-corrected chi connectivity index (χ3v) is 10.5. The van der Waals surface area contributed by atoms with E-state index in [0.717, 1.165) is 9.87 Å². The van der Waals surface area contributed by atoms with E-state index in [2.05, 4.69) is 15.6 Å². The summed E-state index contributed by atoms with van der Waals surface area (Å²) in [6, 6.07) is 16.7. The minimum atomic E-state index is -4.27. The van der Waals surface area contributed by atoms with E-state index in [1.165, 1.54) is 30.6 Å². The van der Waals surface area contributed by atoms with Crippen LogP contribution in [0.15, 0.2) is 90.1 Å². The Labute approximate surface area is 290 Å². The van der Waals surface area contributed by atoms with Crippen LogP contribution < -0.4 is 10.6 Å². The average molecular weight is 736 g/mol. The Hall–Kier alpha value is -3.71.